The summed E-state index contributed by atoms with van der Waals surface area (Å²) in [6.45, 7) is 3.25. The van der Waals surface area contributed by atoms with E-state index in [1.165, 1.54) is 0 Å². The number of thiocarbonyl (C=S) groups is 1. The highest BCUT2D eigenvalue weighted by Crippen LogP contribution is 2.47. The fourth-order valence-corrected chi connectivity index (χ4v) is 2.98. The highest BCUT2D eigenvalue weighted by molar-refractivity contribution is 7.80. The first-order valence-electron chi connectivity index (χ1n) is 5.82. The third kappa shape index (κ3) is 2.01. The van der Waals surface area contributed by atoms with Crippen LogP contribution in [0.5, 0.6) is 0 Å². The molecule has 2 fully saturated rings. The maximum Gasteiger partial charge on any atom is 0.239 e. The van der Waals surface area contributed by atoms with Crippen LogP contribution in [0.2, 0.25) is 0 Å². The van der Waals surface area contributed by atoms with Crippen LogP contribution in [0.25, 0.3) is 0 Å². The lowest BCUT2D eigenvalue weighted by Gasteiger charge is -2.47. The number of nitrogens with two attached hydrogens (primary N) is 1. The number of nitrogens with one attached hydrogen (secondary N) is 1. The Morgan fingerprint density at radius 3 is 2.71 bits per heavy atom. The maximum absolute atomic E-state index is 12.4. The minimum Gasteiger partial charge on any atom is -0.392 e. The predicted octanol–water partition coefficient (Wildman–Crippen LogP) is -0.353. The first kappa shape index (κ1) is 12.3. The third-order valence-corrected chi connectivity index (χ3v) is 3.99. The summed E-state index contributed by atoms with van der Waals surface area (Å²) < 4.78 is 0. The van der Waals surface area contributed by atoms with Crippen LogP contribution in [0.15, 0.2) is 0 Å². The quantitative estimate of drug-likeness (QED) is 0.661. The SMILES string of the molecule is CC1CC(C(=O)N2CCNC(=O)C2)(C(N)=S)C1. The molecule has 1 saturated heterocycles. The second kappa shape index (κ2) is 4.25. The van der Waals surface area contributed by atoms with Crippen molar-refractivity contribution in [3.63, 3.8) is 0 Å². The van der Waals surface area contributed by atoms with Gasteiger partial charge in [0.2, 0.25) is 11.8 Å². The van der Waals surface area contributed by atoms with Crippen molar-refractivity contribution >= 4 is 29.0 Å². The van der Waals surface area contributed by atoms with Gasteiger partial charge >= 0.3 is 0 Å². The van der Waals surface area contributed by atoms with Crippen molar-refractivity contribution in [3.8, 4) is 0 Å². The average Bonchev–Trinajstić information content (AvgIpc) is 2.23. The van der Waals surface area contributed by atoms with Crippen LogP contribution in [0.3, 0.4) is 0 Å². The molecule has 1 aliphatic heterocycles. The van der Waals surface area contributed by atoms with Crippen LogP contribution >= 0.6 is 12.2 Å². The van der Waals surface area contributed by atoms with Gasteiger partial charge < -0.3 is 16.0 Å². The van der Waals surface area contributed by atoms with Crippen molar-refractivity contribution in [1.29, 1.82) is 0 Å². The van der Waals surface area contributed by atoms with E-state index >= 15 is 0 Å². The van der Waals surface area contributed by atoms with Crippen molar-refractivity contribution in [3.05, 3.63) is 0 Å². The van der Waals surface area contributed by atoms with Gasteiger partial charge in [0, 0.05) is 13.1 Å². The number of nitrogens with zero attached hydrogens (tertiary/aromatic N) is 1. The largest absolute Gasteiger partial charge is 0.392 e. The number of rotatable bonds is 2. The van der Waals surface area contributed by atoms with E-state index in [2.05, 4.69) is 12.2 Å². The molecule has 0 aromatic rings. The first-order valence-corrected chi connectivity index (χ1v) is 6.22. The zero-order valence-electron chi connectivity index (χ0n) is 9.86. The van der Waals surface area contributed by atoms with Crippen LogP contribution in [0.1, 0.15) is 19.8 Å². The monoisotopic (exact) mass is 255 g/mol. The van der Waals surface area contributed by atoms with Gasteiger partial charge in [0.25, 0.3) is 0 Å². The molecule has 1 aliphatic carbocycles. The number of carbonyl (C=O) groups is 2. The van der Waals surface area contributed by atoms with Crippen LogP contribution in [0.4, 0.5) is 0 Å². The zero-order chi connectivity index (χ0) is 12.6. The minimum atomic E-state index is -0.688. The van der Waals surface area contributed by atoms with Gasteiger partial charge in [0.15, 0.2) is 0 Å². The molecular weight excluding hydrogens is 238 g/mol. The van der Waals surface area contributed by atoms with Gasteiger partial charge in [0.1, 0.15) is 0 Å². The molecule has 0 aromatic heterocycles. The first-order chi connectivity index (χ1) is 7.95. The Labute approximate surface area is 106 Å². The number of piperazine rings is 1. The summed E-state index contributed by atoms with van der Waals surface area (Å²) in [5.74, 6) is 0.284. The smallest absolute Gasteiger partial charge is 0.239 e. The second-order valence-electron chi connectivity index (χ2n) is 5.04. The number of hydrogen-bond donors (Lipinski definition) is 2. The minimum absolute atomic E-state index is 0.0713. The Balaban J connectivity index is 2.12. The van der Waals surface area contributed by atoms with E-state index < -0.39 is 5.41 Å². The molecule has 0 radical (unpaired) electrons. The molecule has 94 valence electrons. The average molecular weight is 255 g/mol. The lowest BCUT2D eigenvalue weighted by molar-refractivity contribution is -0.148. The summed E-state index contributed by atoms with van der Waals surface area (Å²) in [5.41, 5.74) is 5.03. The maximum atomic E-state index is 12.4. The number of carbonyl (C=O) groups excluding carboxylic acids is 2. The van der Waals surface area contributed by atoms with E-state index in [1.807, 2.05) is 0 Å². The predicted molar refractivity (Wildman–Crippen MR) is 67.2 cm³/mol. The molecule has 5 nitrogen and oxygen atoms in total. The summed E-state index contributed by atoms with van der Waals surface area (Å²) in [7, 11) is 0. The van der Waals surface area contributed by atoms with Crippen LogP contribution in [0, 0.1) is 11.3 Å². The molecule has 0 aromatic carbocycles. The summed E-state index contributed by atoms with van der Waals surface area (Å²) in [5, 5.41) is 2.70. The van der Waals surface area contributed by atoms with E-state index in [9.17, 15) is 9.59 Å². The molecule has 3 N–H and O–H groups in total. The molecule has 1 saturated carbocycles. The molecule has 2 aliphatic rings. The van der Waals surface area contributed by atoms with Crippen molar-refractivity contribution in [2.24, 2.45) is 17.1 Å². The standard InChI is InChI=1S/C11H17N3O2S/c1-7-4-11(5-7,9(12)17)10(16)14-3-2-13-8(15)6-14/h7H,2-6H2,1H3,(H2,12,17)(H,13,15). The molecule has 0 spiro atoms. The molecular formula is C11H17N3O2S. The van der Waals surface area contributed by atoms with Gasteiger partial charge in [-0.1, -0.05) is 19.1 Å². The van der Waals surface area contributed by atoms with E-state index in [1.54, 1.807) is 4.90 Å². The Hall–Kier alpha value is -1.17. The van der Waals surface area contributed by atoms with Gasteiger partial charge in [-0.3, -0.25) is 9.59 Å². The Morgan fingerprint density at radius 2 is 2.24 bits per heavy atom. The van der Waals surface area contributed by atoms with Gasteiger partial charge in [-0.2, -0.15) is 0 Å². The van der Waals surface area contributed by atoms with Gasteiger partial charge in [-0.05, 0) is 18.8 Å². The Kier molecular flexibility index (Phi) is 3.07. The molecule has 0 unspecified atom stereocenters. The summed E-state index contributed by atoms with van der Waals surface area (Å²) in [6, 6.07) is 0. The Bertz CT molecular complexity index is 377. The molecule has 17 heavy (non-hydrogen) atoms. The summed E-state index contributed by atoms with van der Waals surface area (Å²) in [6.07, 6.45) is 1.42. The van der Waals surface area contributed by atoms with Gasteiger partial charge in [-0.15, -0.1) is 0 Å². The molecule has 6 heteroatoms. The summed E-state index contributed by atoms with van der Waals surface area (Å²) in [4.78, 5) is 25.5. The van der Waals surface area contributed by atoms with Crippen molar-refractivity contribution in [1.82, 2.24) is 10.2 Å². The van der Waals surface area contributed by atoms with Crippen LogP contribution < -0.4 is 11.1 Å². The van der Waals surface area contributed by atoms with Gasteiger partial charge in [0.05, 0.1) is 16.9 Å². The molecule has 0 atom stereocenters. The van der Waals surface area contributed by atoms with Crippen LogP contribution in [-0.2, 0) is 9.59 Å². The normalized spacial score (nSPS) is 32.6. The molecule has 0 bridgehead atoms. The van der Waals surface area contributed by atoms with E-state index in [0.29, 0.717) is 31.8 Å². The van der Waals surface area contributed by atoms with Crippen LogP contribution in [-0.4, -0.2) is 41.3 Å². The topological polar surface area (TPSA) is 75.4 Å². The van der Waals surface area contributed by atoms with Crippen molar-refractivity contribution in [2.75, 3.05) is 19.6 Å². The number of amides is 2. The van der Waals surface area contributed by atoms with E-state index in [4.69, 9.17) is 18.0 Å². The van der Waals surface area contributed by atoms with Crippen molar-refractivity contribution in [2.45, 2.75) is 19.8 Å². The molecule has 2 amide bonds. The van der Waals surface area contributed by atoms with Crippen molar-refractivity contribution < 1.29 is 9.59 Å². The fraction of sp³-hybridized carbons (Fsp3) is 0.727. The van der Waals surface area contributed by atoms with E-state index in [-0.39, 0.29) is 23.3 Å². The molecule has 1 heterocycles. The molecule has 2 rings (SSSR count). The number of hydrogen-bond acceptors (Lipinski definition) is 3. The second-order valence-corrected chi connectivity index (χ2v) is 5.48. The van der Waals surface area contributed by atoms with E-state index in [0.717, 1.165) is 0 Å². The third-order valence-electron chi connectivity index (χ3n) is 3.60. The highest BCUT2D eigenvalue weighted by Gasteiger charge is 2.52. The fourth-order valence-electron chi connectivity index (χ4n) is 2.73. The zero-order valence-corrected chi connectivity index (χ0v) is 10.7. The Morgan fingerprint density at radius 1 is 1.59 bits per heavy atom. The highest BCUT2D eigenvalue weighted by atomic mass is 32.1. The lowest BCUT2D eigenvalue weighted by atomic mass is 9.61. The summed E-state index contributed by atoms with van der Waals surface area (Å²) >= 11 is 5.04. The van der Waals surface area contributed by atoms with Gasteiger partial charge in [-0.25, -0.2) is 0 Å². The lowest BCUT2D eigenvalue weighted by Crippen LogP contribution is -2.60.